The fraction of sp³-hybridized carbons (Fsp3) is 1.00. The van der Waals surface area contributed by atoms with Crippen LogP contribution in [0.25, 0.3) is 0 Å². The maximum atomic E-state index is 5.68. The largest absolute Gasteiger partial charge is 0.327 e. The molecular weight excluding hydrogens is 274 g/mol. The summed E-state index contributed by atoms with van der Waals surface area (Å²) in [5, 5.41) is 17.1. The van der Waals surface area contributed by atoms with Crippen molar-refractivity contribution in [1.29, 1.82) is 0 Å². The van der Waals surface area contributed by atoms with E-state index in [-0.39, 0.29) is 0 Å². The Morgan fingerprint density at radius 3 is 1.05 bits per heavy atom. The first-order chi connectivity index (χ1) is 10.1. The maximum absolute atomic E-state index is 5.68. The standard InChI is InChI=1S/C17H41N3Si/c1-2-3-4-5-6-7-8-9-10-11-12-13-14-15-16-17-21(18,19)20/h2-20H2,1H3. The Hall–Kier alpha value is 0.0969. The zero-order chi connectivity index (χ0) is 15.8. The van der Waals surface area contributed by atoms with E-state index in [1.165, 1.54) is 89.9 Å². The van der Waals surface area contributed by atoms with Gasteiger partial charge in [-0.3, -0.25) is 0 Å². The molecule has 0 bridgehead atoms. The molecule has 0 saturated carbocycles. The maximum Gasteiger partial charge on any atom is 0.273 e. The minimum atomic E-state index is -2.26. The highest BCUT2D eigenvalue weighted by Crippen LogP contribution is 2.13. The molecule has 0 atom stereocenters. The average Bonchev–Trinajstić information content (AvgIpc) is 2.42. The molecule has 0 heterocycles. The summed E-state index contributed by atoms with van der Waals surface area (Å²) in [6.45, 7) is 2.28. The second-order valence-electron chi connectivity index (χ2n) is 6.81. The third-order valence-electron chi connectivity index (χ3n) is 4.21. The summed E-state index contributed by atoms with van der Waals surface area (Å²) in [4.78, 5) is 0. The van der Waals surface area contributed by atoms with Crippen molar-refractivity contribution in [3.63, 3.8) is 0 Å². The van der Waals surface area contributed by atoms with Crippen LogP contribution in [0.15, 0.2) is 0 Å². The van der Waals surface area contributed by atoms with Crippen molar-refractivity contribution < 1.29 is 0 Å². The normalized spacial score (nSPS) is 12.0. The molecule has 0 aromatic carbocycles. The summed E-state index contributed by atoms with van der Waals surface area (Å²) in [5.41, 5.74) is 0. The van der Waals surface area contributed by atoms with Gasteiger partial charge in [-0.2, -0.15) is 0 Å². The van der Waals surface area contributed by atoms with Crippen molar-refractivity contribution in [2.24, 2.45) is 16.2 Å². The van der Waals surface area contributed by atoms with Gasteiger partial charge in [-0.05, 0) is 6.04 Å². The van der Waals surface area contributed by atoms with Crippen LogP contribution in [0.3, 0.4) is 0 Å². The van der Waals surface area contributed by atoms with Gasteiger partial charge in [0.15, 0.2) is 0 Å². The molecule has 4 heteroatoms. The van der Waals surface area contributed by atoms with Crippen LogP contribution in [0.2, 0.25) is 6.04 Å². The predicted octanol–water partition coefficient (Wildman–Crippen LogP) is 4.67. The van der Waals surface area contributed by atoms with Crippen molar-refractivity contribution in [1.82, 2.24) is 0 Å². The van der Waals surface area contributed by atoms with Gasteiger partial charge >= 0.3 is 0 Å². The first-order valence-corrected chi connectivity index (χ1v) is 11.9. The molecule has 0 fully saturated rings. The van der Waals surface area contributed by atoms with E-state index in [9.17, 15) is 0 Å². The summed E-state index contributed by atoms with van der Waals surface area (Å²) >= 11 is 0. The lowest BCUT2D eigenvalue weighted by Crippen LogP contribution is -2.64. The molecule has 0 aliphatic carbocycles. The van der Waals surface area contributed by atoms with E-state index in [4.69, 9.17) is 16.2 Å². The van der Waals surface area contributed by atoms with Crippen LogP contribution in [0.5, 0.6) is 0 Å². The van der Waals surface area contributed by atoms with Gasteiger partial charge < -0.3 is 16.2 Å². The number of hydrogen-bond acceptors (Lipinski definition) is 3. The highest BCUT2D eigenvalue weighted by Gasteiger charge is 2.15. The Balaban J connectivity index is 3.00. The van der Waals surface area contributed by atoms with E-state index in [2.05, 4.69) is 6.92 Å². The Kier molecular flexibility index (Phi) is 15.1. The number of unbranched alkanes of at least 4 members (excludes halogenated alkanes) is 14. The molecule has 3 nitrogen and oxygen atoms in total. The molecule has 0 aliphatic rings. The molecule has 0 aromatic rings. The summed E-state index contributed by atoms with van der Waals surface area (Å²) < 4.78 is 0. The summed E-state index contributed by atoms with van der Waals surface area (Å²) in [5.74, 6) is 0. The van der Waals surface area contributed by atoms with Crippen molar-refractivity contribution in [2.75, 3.05) is 0 Å². The molecule has 6 N–H and O–H groups in total. The smallest absolute Gasteiger partial charge is 0.273 e. The third kappa shape index (κ3) is 20.1. The molecule has 0 radical (unpaired) electrons. The Morgan fingerprint density at radius 1 is 0.476 bits per heavy atom. The molecule has 0 aromatic heterocycles. The topological polar surface area (TPSA) is 78.1 Å². The van der Waals surface area contributed by atoms with E-state index in [0.29, 0.717) is 0 Å². The monoisotopic (exact) mass is 315 g/mol. The zero-order valence-electron chi connectivity index (χ0n) is 14.5. The Morgan fingerprint density at radius 2 is 0.762 bits per heavy atom. The minimum absolute atomic E-state index is 0.866. The van der Waals surface area contributed by atoms with Crippen molar-refractivity contribution in [2.45, 2.75) is 109 Å². The minimum Gasteiger partial charge on any atom is -0.327 e. The van der Waals surface area contributed by atoms with Crippen molar-refractivity contribution in [3.05, 3.63) is 0 Å². The van der Waals surface area contributed by atoms with Gasteiger partial charge in [0.2, 0.25) is 0 Å². The molecule has 0 spiro atoms. The van der Waals surface area contributed by atoms with E-state index < -0.39 is 8.56 Å². The average molecular weight is 316 g/mol. The van der Waals surface area contributed by atoms with Gasteiger partial charge in [0.05, 0.1) is 0 Å². The van der Waals surface area contributed by atoms with Crippen molar-refractivity contribution in [3.8, 4) is 0 Å². The molecule has 128 valence electrons. The van der Waals surface area contributed by atoms with E-state index in [0.717, 1.165) is 12.5 Å². The number of nitrogens with two attached hydrogens (primary N) is 3. The molecule has 0 rings (SSSR count). The summed E-state index contributed by atoms with van der Waals surface area (Å²) in [6.07, 6.45) is 20.8. The van der Waals surface area contributed by atoms with Crippen LogP contribution in [0.1, 0.15) is 103 Å². The lowest BCUT2D eigenvalue weighted by molar-refractivity contribution is 0.534. The lowest BCUT2D eigenvalue weighted by atomic mass is 10.0. The van der Waals surface area contributed by atoms with Crippen LogP contribution in [-0.2, 0) is 0 Å². The van der Waals surface area contributed by atoms with E-state index in [1.54, 1.807) is 0 Å². The molecule has 21 heavy (non-hydrogen) atoms. The highest BCUT2D eigenvalue weighted by molar-refractivity contribution is 6.70. The zero-order valence-corrected chi connectivity index (χ0v) is 15.5. The van der Waals surface area contributed by atoms with Gasteiger partial charge in [-0.1, -0.05) is 103 Å². The molecule has 0 unspecified atom stereocenters. The Labute approximate surface area is 134 Å². The quantitative estimate of drug-likeness (QED) is 0.286. The molecule has 0 saturated heterocycles. The van der Waals surface area contributed by atoms with Crippen LogP contribution in [-0.4, -0.2) is 8.56 Å². The van der Waals surface area contributed by atoms with Crippen LogP contribution in [0, 0.1) is 0 Å². The second-order valence-corrected chi connectivity index (χ2v) is 9.54. The predicted molar refractivity (Wildman–Crippen MR) is 98.1 cm³/mol. The van der Waals surface area contributed by atoms with Crippen molar-refractivity contribution >= 4 is 8.56 Å². The second kappa shape index (κ2) is 15.0. The number of hydrogen-bond donors (Lipinski definition) is 3. The molecule has 0 aliphatic heterocycles. The van der Waals surface area contributed by atoms with Crippen LogP contribution < -0.4 is 16.2 Å². The van der Waals surface area contributed by atoms with Crippen LogP contribution in [0.4, 0.5) is 0 Å². The fourth-order valence-electron chi connectivity index (χ4n) is 2.80. The van der Waals surface area contributed by atoms with Gasteiger partial charge in [0.25, 0.3) is 8.56 Å². The third-order valence-corrected chi connectivity index (χ3v) is 5.43. The van der Waals surface area contributed by atoms with Gasteiger partial charge in [0.1, 0.15) is 0 Å². The number of rotatable bonds is 16. The van der Waals surface area contributed by atoms with Gasteiger partial charge in [0, 0.05) is 0 Å². The lowest BCUT2D eigenvalue weighted by Gasteiger charge is -2.13. The summed E-state index contributed by atoms with van der Waals surface area (Å²) in [7, 11) is -2.26. The van der Waals surface area contributed by atoms with Gasteiger partial charge in [-0.15, -0.1) is 0 Å². The first-order valence-electron chi connectivity index (χ1n) is 9.43. The van der Waals surface area contributed by atoms with E-state index >= 15 is 0 Å². The molecular formula is C17H41N3Si. The highest BCUT2D eigenvalue weighted by atomic mass is 28.4. The SMILES string of the molecule is CCCCCCCCCCCCCCCCC[Si](N)(N)N. The van der Waals surface area contributed by atoms with Crippen LogP contribution >= 0.6 is 0 Å². The summed E-state index contributed by atoms with van der Waals surface area (Å²) in [6, 6.07) is 0.866. The van der Waals surface area contributed by atoms with E-state index in [1.807, 2.05) is 0 Å². The molecule has 0 amide bonds. The fourth-order valence-corrected chi connectivity index (χ4v) is 3.66. The first kappa shape index (κ1) is 21.1. The Bertz CT molecular complexity index is 205. The van der Waals surface area contributed by atoms with Gasteiger partial charge in [-0.25, -0.2) is 0 Å².